The predicted octanol–water partition coefficient (Wildman–Crippen LogP) is 4.93. The number of hydrogen-bond donors (Lipinski definition) is 2. The van der Waals surface area contributed by atoms with Gasteiger partial charge >= 0.3 is 5.97 Å². The fourth-order valence-electron chi connectivity index (χ4n) is 2.61. The van der Waals surface area contributed by atoms with Crippen LogP contribution in [-0.4, -0.2) is 24.4 Å². The molecule has 0 bridgehead atoms. The first kappa shape index (κ1) is 22.9. The van der Waals surface area contributed by atoms with Gasteiger partial charge in [0.25, 0.3) is 5.91 Å². The van der Waals surface area contributed by atoms with E-state index in [1.807, 2.05) is 39.0 Å². The number of ether oxygens (including phenoxy) is 1. The molecule has 0 aliphatic rings. The van der Waals surface area contributed by atoms with Gasteiger partial charge in [-0.05, 0) is 65.5 Å². The highest BCUT2D eigenvalue weighted by Crippen LogP contribution is 2.28. The van der Waals surface area contributed by atoms with E-state index in [-0.39, 0.29) is 18.7 Å². The molecule has 2 aromatic rings. The van der Waals surface area contributed by atoms with E-state index in [1.165, 1.54) is 0 Å². The zero-order valence-electron chi connectivity index (χ0n) is 16.4. The Bertz CT molecular complexity index is 926. The Morgan fingerprint density at radius 1 is 0.966 bits per heavy atom. The third-order valence-electron chi connectivity index (χ3n) is 4.21. The lowest BCUT2D eigenvalue weighted by atomic mass is 10.1. The molecule has 154 valence electrons. The fourth-order valence-corrected chi connectivity index (χ4v) is 3.24. The number of rotatable bonds is 7. The minimum absolute atomic E-state index is 0.0321. The Hall–Kier alpha value is -2.38. The fraction of sp³-hybridized carbons (Fsp3) is 0.286. The van der Waals surface area contributed by atoms with Crippen molar-refractivity contribution in [2.75, 3.05) is 17.2 Å². The molecule has 8 heteroatoms. The Balaban J connectivity index is 1.77. The lowest BCUT2D eigenvalue weighted by molar-refractivity contribution is -0.147. The van der Waals surface area contributed by atoms with E-state index < -0.39 is 18.5 Å². The van der Waals surface area contributed by atoms with Crippen LogP contribution in [0.4, 0.5) is 11.4 Å². The number of halogens is 2. The van der Waals surface area contributed by atoms with Gasteiger partial charge in [0.05, 0.1) is 11.4 Å². The second-order valence-electron chi connectivity index (χ2n) is 6.61. The molecule has 2 aromatic carbocycles. The molecule has 0 aliphatic carbocycles. The maximum atomic E-state index is 12.1. The third-order valence-corrected chi connectivity index (χ3v) is 5.40. The maximum Gasteiger partial charge on any atom is 0.306 e. The Morgan fingerprint density at radius 2 is 1.62 bits per heavy atom. The number of aryl methyl sites for hydroxylation is 3. The van der Waals surface area contributed by atoms with Crippen molar-refractivity contribution in [1.29, 1.82) is 0 Å². The van der Waals surface area contributed by atoms with E-state index >= 15 is 0 Å². The molecule has 0 unspecified atom stereocenters. The van der Waals surface area contributed by atoms with Crippen molar-refractivity contribution in [1.82, 2.24) is 0 Å². The summed E-state index contributed by atoms with van der Waals surface area (Å²) in [6.07, 6.45) is -0.150. The number of carbonyl (C=O) groups is 3. The molecule has 0 fully saturated rings. The lowest BCUT2D eigenvalue weighted by Crippen LogP contribution is -2.22. The quantitative estimate of drug-likeness (QED) is 0.549. The number of anilines is 2. The number of benzene rings is 2. The van der Waals surface area contributed by atoms with Crippen LogP contribution < -0.4 is 10.6 Å². The van der Waals surface area contributed by atoms with E-state index in [9.17, 15) is 14.4 Å². The van der Waals surface area contributed by atoms with E-state index in [1.54, 1.807) is 12.1 Å². The van der Waals surface area contributed by atoms with Crippen LogP contribution in [0.15, 0.2) is 34.8 Å². The van der Waals surface area contributed by atoms with Crippen molar-refractivity contribution in [2.24, 2.45) is 0 Å². The molecule has 6 nitrogen and oxygen atoms in total. The second-order valence-corrected chi connectivity index (χ2v) is 7.87. The average molecular weight is 482 g/mol. The van der Waals surface area contributed by atoms with Crippen LogP contribution >= 0.6 is 27.5 Å². The van der Waals surface area contributed by atoms with Crippen molar-refractivity contribution < 1.29 is 19.1 Å². The molecular formula is C21H22BrClN2O4. The summed E-state index contributed by atoms with van der Waals surface area (Å²) >= 11 is 9.33. The molecule has 0 heterocycles. The summed E-state index contributed by atoms with van der Waals surface area (Å²) in [6, 6.07) is 9.09. The molecule has 0 atom stereocenters. The van der Waals surface area contributed by atoms with E-state index in [0.717, 1.165) is 26.9 Å². The number of amides is 2. The summed E-state index contributed by atoms with van der Waals surface area (Å²) in [6.45, 7) is 5.17. The van der Waals surface area contributed by atoms with Crippen LogP contribution in [0.5, 0.6) is 0 Å². The summed E-state index contributed by atoms with van der Waals surface area (Å²) in [5, 5.41) is 5.90. The first-order chi connectivity index (χ1) is 13.7. The Morgan fingerprint density at radius 3 is 2.28 bits per heavy atom. The van der Waals surface area contributed by atoms with Crippen molar-refractivity contribution >= 4 is 56.7 Å². The number of hydrogen-bond acceptors (Lipinski definition) is 4. The van der Waals surface area contributed by atoms with Crippen molar-refractivity contribution in [3.63, 3.8) is 0 Å². The molecule has 2 rings (SSSR count). The summed E-state index contributed by atoms with van der Waals surface area (Å²) in [5.74, 6) is -1.40. The highest BCUT2D eigenvalue weighted by molar-refractivity contribution is 9.10. The normalized spacial score (nSPS) is 10.4. The van der Waals surface area contributed by atoms with Crippen LogP contribution in [0.2, 0.25) is 5.02 Å². The summed E-state index contributed by atoms with van der Waals surface area (Å²) < 4.78 is 5.67. The molecule has 2 N–H and O–H groups in total. The van der Waals surface area contributed by atoms with Crippen LogP contribution in [0, 0.1) is 20.8 Å². The maximum absolute atomic E-state index is 12.1. The van der Waals surface area contributed by atoms with Crippen LogP contribution in [0.25, 0.3) is 0 Å². The smallest absolute Gasteiger partial charge is 0.306 e. The van der Waals surface area contributed by atoms with E-state index in [4.69, 9.17) is 16.3 Å². The van der Waals surface area contributed by atoms with Gasteiger partial charge in [0.15, 0.2) is 6.61 Å². The summed E-state index contributed by atoms with van der Waals surface area (Å²) in [5.41, 5.74) is 3.98. The van der Waals surface area contributed by atoms with Gasteiger partial charge in [-0.1, -0.05) is 29.8 Å². The molecule has 0 aromatic heterocycles. The molecule has 0 radical (unpaired) electrons. The van der Waals surface area contributed by atoms with Gasteiger partial charge in [0.2, 0.25) is 5.91 Å². The van der Waals surface area contributed by atoms with Crippen LogP contribution in [0.1, 0.15) is 29.5 Å². The van der Waals surface area contributed by atoms with Crippen molar-refractivity contribution in [3.8, 4) is 0 Å². The molecule has 0 saturated heterocycles. The molecule has 2 amide bonds. The van der Waals surface area contributed by atoms with E-state index in [0.29, 0.717) is 10.7 Å². The van der Waals surface area contributed by atoms with Gasteiger partial charge in [-0.15, -0.1) is 0 Å². The van der Waals surface area contributed by atoms with E-state index in [2.05, 4.69) is 26.6 Å². The molecule has 0 aliphatic heterocycles. The third kappa shape index (κ3) is 6.87. The van der Waals surface area contributed by atoms with Crippen LogP contribution in [0.3, 0.4) is 0 Å². The summed E-state index contributed by atoms with van der Waals surface area (Å²) in [7, 11) is 0. The minimum Gasteiger partial charge on any atom is -0.456 e. The van der Waals surface area contributed by atoms with Crippen molar-refractivity contribution in [3.05, 3.63) is 56.5 Å². The molecule has 0 saturated carbocycles. The SMILES string of the molecule is Cc1cc(Br)c(Cl)cc1NC(=O)COC(=O)CCC(=O)Nc1c(C)cccc1C. The number of carbonyl (C=O) groups excluding carboxylic acids is 3. The Labute approximate surface area is 183 Å². The average Bonchev–Trinajstić information content (AvgIpc) is 2.66. The highest BCUT2D eigenvalue weighted by Gasteiger charge is 2.13. The van der Waals surface area contributed by atoms with Gasteiger partial charge < -0.3 is 15.4 Å². The van der Waals surface area contributed by atoms with Crippen molar-refractivity contribution in [2.45, 2.75) is 33.6 Å². The first-order valence-corrected chi connectivity index (χ1v) is 10.1. The zero-order valence-corrected chi connectivity index (χ0v) is 18.7. The van der Waals surface area contributed by atoms with Gasteiger partial charge in [0, 0.05) is 22.3 Å². The number of esters is 1. The predicted molar refractivity (Wildman–Crippen MR) is 117 cm³/mol. The second kappa shape index (κ2) is 10.4. The van der Waals surface area contributed by atoms with Gasteiger partial charge in [-0.25, -0.2) is 0 Å². The van der Waals surface area contributed by atoms with Gasteiger partial charge in [-0.3, -0.25) is 14.4 Å². The highest BCUT2D eigenvalue weighted by atomic mass is 79.9. The topological polar surface area (TPSA) is 84.5 Å². The van der Waals surface area contributed by atoms with Gasteiger partial charge in [-0.2, -0.15) is 0 Å². The molecule has 29 heavy (non-hydrogen) atoms. The first-order valence-electron chi connectivity index (χ1n) is 8.94. The monoisotopic (exact) mass is 480 g/mol. The minimum atomic E-state index is -0.623. The number of para-hydroxylation sites is 1. The summed E-state index contributed by atoms with van der Waals surface area (Å²) in [4.78, 5) is 35.9. The largest absolute Gasteiger partial charge is 0.456 e. The number of nitrogens with one attached hydrogen (secondary N) is 2. The molecule has 0 spiro atoms. The van der Waals surface area contributed by atoms with Crippen LogP contribution in [-0.2, 0) is 19.1 Å². The zero-order chi connectivity index (χ0) is 21.6. The standard InChI is InChI=1S/C21H22BrClN2O4/c1-12-5-4-6-13(2)21(12)25-18(26)7-8-20(28)29-11-19(27)24-17-10-16(23)15(22)9-14(17)3/h4-6,9-10H,7-8,11H2,1-3H3,(H,24,27)(H,25,26). The van der Waals surface area contributed by atoms with Gasteiger partial charge in [0.1, 0.15) is 0 Å². The lowest BCUT2D eigenvalue weighted by Gasteiger charge is -2.12. The Kier molecular flexibility index (Phi) is 8.22. The molecular weight excluding hydrogens is 460 g/mol.